The van der Waals surface area contributed by atoms with Crippen LogP contribution < -0.4 is 5.56 Å². The summed E-state index contributed by atoms with van der Waals surface area (Å²) in [5.74, 6) is 0. The molecule has 48 valence electrons. The van der Waals surface area contributed by atoms with E-state index in [4.69, 9.17) is 11.6 Å². The van der Waals surface area contributed by atoms with Gasteiger partial charge in [-0.3, -0.25) is 4.79 Å². The second-order valence-electron chi connectivity index (χ2n) is 1.85. The second kappa shape index (κ2) is 2.23. The number of hydrogen-bond acceptors (Lipinski definition) is 1. The molecule has 0 bridgehead atoms. The van der Waals surface area contributed by atoms with Gasteiger partial charge >= 0.3 is 0 Å². The summed E-state index contributed by atoms with van der Waals surface area (Å²) >= 11 is 5.47. The molecule has 0 aliphatic heterocycles. The summed E-state index contributed by atoms with van der Waals surface area (Å²) in [4.78, 5) is 13.1. The van der Waals surface area contributed by atoms with Crippen LogP contribution in [0, 0.1) is 6.92 Å². The standard InChI is InChI=1S/C6H6ClNO/c1-4-2-5(7)6(9)8-3-4/h2-3H,1H3,(H,8,9). The van der Waals surface area contributed by atoms with Gasteiger partial charge in [0.2, 0.25) is 0 Å². The zero-order chi connectivity index (χ0) is 6.85. The topological polar surface area (TPSA) is 32.9 Å². The molecule has 0 aliphatic carbocycles. The Bertz CT molecular complexity index is 266. The van der Waals surface area contributed by atoms with Crippen molar-refractivity contribution >= 4 is 11.6 Å². The largest absolute Gasteiger partial charge is 0.328 e. The van der Waals surface area contributed by atoms with Gasteiger partial charge in [0.05, 0.1) is 0 Å². The van der Waals surface area contributed by atoms with Crippen molar-refractivity contribution in [3.8, 4) is 0 Å². The molecule has 1 aromatic heterocycles. The number of hydrogen-bond donors (Lipinski definition) is 1. The molecule has 0 atom stereocenters. The molecule has 0 fully saturated rings. The van der Waals surface area contributed by atoms with Gasteiger partial charge in [0.1, 0.15) is 5.02 Å². The third kappa shape index (κ3) is 1.33. The molecule has 0 saturated carbocycles. The van der Waals surface area contributed by atoms with Crippen molar-refractivity contribution in [3.63, 3.8) is 0 Å². The van der Waals surface area contributed by atoms with Gasteiger partial charge in [0.15, 0.2) is 0 Å². The van der Waals surface area contributed by atoms with Gasteiger partial charge in [-0.25, -0.2) is 0 Å². The number of aromatic amines is 1. The average Bonchev–Trinajstić information content (AvgIpc) is 1.80. The minimum Gasteiger partial charge on any atom is -0.328 e. The molecule has 0 unspecified atom stereocenters. The van der Waals surface area contributed by atoms with E-state index in [-0.39, 0.29) is 10.6 Å². The number of H-pyrrole nitrogens is 1. The van der Waals surface area contributed by atoms with Gasteiger partial charge in [0.25, 0.3) is 5.56 Å². The number of halogens is 1. The molecule has 9 heavy (non-hydrogen) atoms. The molecule has 1 N–H and O–H groups in total. The molecule has 0 saturated heterocycles. The van der Waals surface area contributed by atoms with Crippen LogP contribution in [-0.2, 0) is 0 Å². The maximum Gasteiger partial charge on any atom is 0.266 e. The van der Waals surface area contributed by atoms with Crippen molar-refractivity contribution in [1.29, 1.82) is 0 Å². The molecule has 0 radical (unpaired) electrons. The zero-order valence-electron chi connectivity index (χ0n) is 4.94. The summed E-state index contributed by atoms with van der Waals surface area (Å²) in [5.41, 5.74) is 0.724. The monoisotopic (exact) mass is 143 g/mol. The highest BCUT2D eigenvalue weighted by molar-refractivity contribution is 6.30. The van der Waals surface area contributed by atoms with E-state index in [1.54, 1.807) is 12.3 Å². The fraction of sp³-hybridized carbons (Fsp3) is 0.167. The van der Waals surface area contributed by atoms with E-state index in [1.165, 1.54) is 0 Å². The molecule has 0 aliphatic rings. The Balaban J connectivity index is 3.34. The Kier molecular flexibility index (Phi) is 1.58. The Morgan fingerprint density at radius 3 is 2.78 bits per heavy atom. The smallest absolute Gasteiger partial charge is 0.266 e. The first-order valence-corrected chi connectivity index (χ1v) is 2.93. The highest BCUT2D eigenvalue weighted by Gasteiger charge is 1.91. The molecule has 1 aromatic rings. The molecule has 0 amide bonds. The van der Waals surface area contributed by atoms with Crippen LogP contribution in [-0.4, -0.2) is 4.98 Å². The van der Waals surface area contributed by atoms with E-state index in [2.05, 4.69) is 4.98 Å². The van der Waals surface area contributed by atoms with Crippen LogP contribution in [0.1, 0.15) is 5.56 Å². The van der Waals surface area contributed by atoms with Crippen molar-refractivity contribution in [1.82, 2.24) is 4.98 Å². The minimum atomic E-state index is -0.234. The minimum absolute atomic E-state index is 0.234. The lowest BCUT2D eigenvalue weighted by Gasteiger charge is -1.89. The van der Waals surface area contributed by atoms with Crippen LogP contribution in [0.2, 0.25) is 5.02 Å². The number of pyridine rings is 1. The van der Waals surface area contributed by atoms with Crippen LogP contribution in [0.15, 0.2) is 17.1 Å². The van der Waals surface area contributed by atoms with Gasteiger partial charge in [-0.15, -0.1) is 0 Å². The molecule has 2 nitrogen and oxygen atoms in total. The van der Waals surface area contributed by atoms with Crippen molar-refractivity contribution in [2.45, 2.75) is 6.92 Å². The first kappa shape index (κ1) is 6.36. The Morgan fingerprint density at radius 1 is 1.67 bits per heavy atom. The molecule has 0 spiro atoms. The summed E-state index contributed by atoms with van der Waals surface area (Å²) < 4.78 is 0. The normalized spacial score (nSPS) is 9.56. The second-order valence-corrected chi connectivity index (χ2v) is 2.26. The van der Waals surface area contributed by atoms with E-state index < -0.39 is 0 Å². The Hall–Kier alpha value is -0.760. The fourth-order valence-electron chi connectivity index (χ4n) is 0.555. The first-order valence-electron chi connectivity index (χ1n) is 2.55. The van der Waals surface area contributed by atoms with Crippen molar-refractivity contribution in [2.75, 3.05) is 0 Å². The molecule has 0 aromatic carbocycles. The summed E-state index contributed by atoms with van der Waals surface area (Å²) in [5, 5.41) is 0.245. The van der Waals surface area contributed by atoms with Crippen LogP contribution in [0.3, 0.4) is 0 Å². The summed E-state index contributed by atoms with van der Waals surface area (Å²) in [6.07, 6.45) is 1.62. The predicted molar refractivity (Wildman–Crippen MR) is 36.8 cm³/mol. The van der Waals surface area contributed by atoms with Crippen LogP contribution in [0.4, 0.5) is 0 Å². The lowest BCUT2D eigenvalue weighted by molar-refractivity contribution is 1.20. The lowest BCUT2D eigenvalue weighted by atomic mass is 10.3. The molecule has 3 heteroatoms. The third-order valence-electron chi connectivity index (χ3n) is 1.00. The predicted octanol–water partition coefficient (Wildman–Crippen LogP) is 1.34. The number of rotatable bonds is 0. The summed E-state index contributed by atoms with van der Waals surface area (Å²) in [7, 11) is 0. The Labute approximate surface area is 57.5 Å². The van der Waals surface area contributed by atoms with Crippen molar-refractivity contribution in [2.24, 2.45) is 0 Å². The van der Waals surface area contributed by atoms with E-state index in [1.807, 2.05) is 6.92 Å². The van der Waals surface area contributed by atoms with Crippen LogP contribution >= 0.6 is 11.6 Å². The summed E-state index contributed by atoms with van der Waals surface area (Å²) in [6, 6.07) is 1.63. The van der Waals surface area contributed by atoms with Crippen molar-refractivity contribution in [3.05, 3.63) is 33.2 Å². The van der Waals surface area contributed by atoms with Gasteiger partial charge < -0.3 is 4.98 Å². The maximum absolute atomic E-state index is 10.6. The molecule has 1 heterocycles. The SMILES string of the molecule is Cc1c[nH]c(=O)c(Cl)c1. The van der Waals surface area contributed by atoms with E-state index >= 15 is 0 Å². The van der Waals surface area contributed by atoms with E-state index in [0.29, 0.717) is 0 Å². The average molecular weight is 144 g/mol. The zero-order valence-corrected chi connectivity index (χ0v) is 5.70. The quantitative estimate of drug-likeness (QED) is 0.584. The summed E-state index contributed by atoms with van der Waals surface area (Å²) in [6.45, 7) is 1.86. The van der Waals surface area contributed by atoms with Crippen LogP contribution in [0.5, 0.6) is 0 Å². The molecular weight excluding hydrogens is 138 g/mol. The van der Waals surface area contributed by atoms with Crippen LogP contribution in [0.25, 0.3) is 0 Å². The fourth-order valence-corrected chi connectivity index (χ4v) is 0.782. The van der Waals surface area contributed by atoms with Gasteiger partial charge in [0, 0.05) is 6.20 Å². The van der Waals surface area contributed by atoms with Gasteiger partial charge in [-0.1, -0.05) is 11.6 Å². The highest BCUT2D eigenvalue weighted by atomic mass is 35.5. The lowest BCUT2D eigenvalue weighted by Crippen LogP contribution is -2.04. The molecule has 1 rings (SSSR count). The number of nitrogens with one attached hydrogen (secondary N) is 1. The van der Waals surface area contributed by atoms with E-state index in [9.17, 15) is 4.79 Å². The third-order valence-corrected chi connectivity index (χ3v) is 1.28. The number of aromatic nitrogens is 1. The van der Waals surface area contributed by atoms with Gasteiger partial charge in [-0.05, 0) is 18.6 Å². The maximum atomic E-state index is 10.6. The first-order chi connectivity index (χ1) is 4.20. The number of aryl methyl sites for hydroxylation is 1. The van der Waals surface area contributed by atoms with E-state index in [0.717, 1.165) is 5.56 Å². The van der Waals surface area contributed by atoms with Crippen molar-refractivity contribution < 1.29 is 0 Å². The molecular formula is C6H6ClNO. The Morgan fingerprint density at radius 2 is 2.33 bits per heavy atom. The highest BCUT2D eigenvalue weighted by Crippen LogP contribution is 2.00. The van der Waals surface area contributed by atoms with Gasteiger partial charge in [-0.2, -0.15) is 0 Å².